The first-order valence-corrected chi connectivity index (χ1v) is 14.6. The van der Waals surface area contributed by atoms with E-state index >= 15 is 0 Å². The summed E-state index contributed by atoms with van der Waals surface area (Å²) in [4.78, 5) is 23.9. The third-order valence-electron chi connectivity index (χ3n) is 8.05. The summed E-state index contributed by atoms with van der Waals surface area (Å²) in [7, 11) is 0. The van der Waals surface area contributed by atoms with Crippen LogP contribution >= 0.6 is 11.6 Å². The summed E-state index contributed by atoms with van der Waals surface area (Å²) >= 11 is 6.47. The Labute approximate surface area is 255 Å². The van der Waals surface area contributed by atoms with Gasteiger partial charge in [0.25, 0.3) is 0 Å². The van der Waals surface area contributed by atoms with Crippen LogP contribution in [-0.2, 0) is 0 Å². The molecule has 4 aromatic heterocycles. The largest absolute Gasteiger partial charge is 0.452 e. The van der Waals surface area contributed by atoms with E-state index < -0.39 is 0 Å². The standard InChI is InChI=1S/C37H20ClN5O/c38-37-42-33(35-34(43-37)27-12-3-4-13-30(27)44-35)24-9-5-8-23(20-24)32-31-26-11-2-1-7-21(26)14-17-29(31)40-36(41-32)25-15-16-28-22(19-25)10-6-18-39-28/h1-20H. The number of aromatic nitrogens is 5. The third-order valence-corrected chi connectivity index (χ3v) is 8.22. The van der Waals surface area contributed by atoms with Crippen molar-refractivity contribution in [3.8, 4) is 33.9 Å². The Morgan fingerprint density at radius 1 is 0.545 bits per heavy atom. The molecule has 0 saturated carbocycles. The van der Waals surface area contributed by atoms with E-state index in [2.05, 4.69) is 63.5 Å². The van der Waals surface area contributed by atoms with Gasteiger partial charge in [0.2, 0.25) is 5.28 Å². The molecule has 4 heterocycles. The lowest BCUT2D eigenvalue weighted by molar-refractivity contribution is 0.667. The molecule has 0 aliphatic rings. The summed E-state index contributed by atoms with van der Waals surface area (Å²) in [6.07, 6.45) is 1.80. The predicted molar refractivity (Wildman–Crippen MR) is 177 cm³/mol. The molecule has 0 amide bonds. The first-order chi connectivity index (χ1) is 21.7. The van der Waals surface area contributed by atoms with Crippen LogP contribution in [0.25, 0.3) is 88.5 Å². The second-order valence-corrected chi connectivity index (χ2v) is 11.0. The van der Waals surface area contributed by atoms with Crippen LogP contribution in [0.2, 0.25) is 5.28 Å². The number of benzene rings is 5. The molecule has 0 bridgehead atoms. The van der Waals surface area contributed by atoms with E-state index in [9.17, 15) is 0 Å². The van der Waals surface area contributed by atoms with Gasteiger partial charge in [0.1, 0.15) is 16.8 Å². The van der Waals surface area contributed by atoms with Gasteiger partial charge in [-0.2, -0.15) is 0 Å². The molecule has 0 fully saturated rings. The highest BCUT2D eigenvalue weighted by Crippen LogP contribution is 2.38. The zero-order valence-corrected chi connectivity index (χ0v) is 23.8. The normalized spacial score (nSPS) is 11.8. The Hall–Kier alpha value is -5.72. The molecule has 0 aliphatic heterocycles. The van der Waals surface area contributed by atoms with E-state index in [1.54, 1.807) is 6.20 Å². The molecular weight excluding hydrogens is 566 g/mol. The van der Waals surface area contributed by atoms with Crippen LogP contribution in [0.1, 0.15) is 0 Å². The van der Waals surface area contributed by atoms with E-state index in [1.807, 2.05) is 66.7 Å². The fourth-order valence-corrected chi connectivity index (χ4v) is 6.20. The SMILES string of the molecule is Clc1nc(-c2cccc(-c3nc(-c4ccc5ncccc5c4)nc4ccc5ccccc5c34)c2)c2oc3ccccc3c2n1. The fourth-order valence-electron chi connectivity index (χ4n) is 6.03. The highest BCUT2D eigenvalue weighted by molar-refractivity contribution is 6.29. The van der Waals surface area contributed by atoms with Crippen LogP contribution in [0.5, 0.6) is 0 Å². The minimum Gasteiger partial charge on any atom is -0.452 e. The molecule has 0 atom stereocenters. The van der Waals surface area contributed by atoms with Crippen LogP contribution < -0.4 is 0 Å². The molecule has 5 aromatic carbocycles. The Bertz CT molecular complexity index is 2590. The number of hydrogen-bond donors (Lipinski definition) is 0. The summed E-state index contributed by atoms with van der Waals surface area (Å²) in [6, 6.07) is 38.6. The highest BCUT2D eigenvalue weighted by atomic mass is 35.5. The number of para-hydroxylation sites is 1. The van der Waals surface area contributed by atoms with Crippen LogP contribution in [-0.4, -0.2) is 24.9 Å². The van der Waals surface area contributed by atoms with Gasteiger partial charge < -0.3 is 4.42 Å². The lowest BCUT2D eigenvalue weighted by Crippen LogP contribution is -1.97. The van der Waals surface area contributed by atoms with Gasteiger partial charge in [-0.15, -0.1) is 0 Å². The van der Waals surface area contributed by atoms with Crippen LogP contribution in [0, 0.1) is 0 Å². The third kappa shape index (κ3) is 3.92. The molecule has 44 heavy (non-hydrogen) atoms. The lowest BCUT2D eigenvalue weighted by Gasteiger charge is -2.13. The minimum absolute atomic E-state index is 0.163. The summed E-state index contributed by atoms with van der Waals surface area (Å²) < 4.78 is 6.26. The number of hydrogen-bond acceptors (Lipinski definition) is 6. The average molecular weight is 586 g/mol. The molecule has 6 nitrogen and oxygen atoms in total. The number of halogens is 1. The second-order valence-electron chi connectivity index (χ2n) is 10.7. The van der Waals surface area contributed by atoms with Gasteiger partial charge in [0, 0.05) is 39.0 Å². The molecule has 7 heteroatoms. The van der Waals surface area contributed by atoms with Gasteiger partial charge in [-0.05, 0) is 70.9 Å². The summed E-state index contributed by atoms with van der Waals surface area (Å²) in [5.74, 6) is 0.642. The van der Waals surface area contributed by atoms with Crippen molar-refractivity contribution in [2.24, 2.45) is 0 Å². The topological polar surface area (TPSA) is 77.6 Å². The minimum atomic E-state index is 0.163. The summed E-state index contributed by atoms with van der Waals surface area (Å²) in [5, 5.41) is 5.29. The fraction of sp³-hybridized carbons (Fsp3) is 0. The van der Waals surface area contributed by atoms with Crippen LogP contribution in [0.3, 0.4) is 0 Å². The Morgan fingerprint density at radius 2 is 1.34 bits per heavy atom. The van der Waals surface area contributed by atoms with E-state index in [1.165, 1.54) is 0 Å². The predicted octanol–water partition coefficient (Wildman–Crippen LogP) is 9.67. The molecule has 9 rings (SSSR count). The van der Waals surface area contributed by atoms with Crippen molar-refractivity contribution in [3.05, 3.63) is 127 Å². The highest BCUT2D eigenvalue weighted by Gasteiger charge is 2.19. The monoisotopic (exact) mass is 585 g/mol. The maximum atomic E-state index is 6.47. The van der Waals surface area contributed by atoms with E-state index in [-0.39, 0.29) is 5.28 Å². The molecule has 0 saturated heterocycles. The Balaban J connectivity index is 1.31. The quantitative estimate of drug-likeness (QED) is 0.152. The van der Waals surface area contributed by atoms with E-state index in [4.69, 9.17) is 26.0 Å². The molecular formula is C37H20ClN5O. The maximum absolute atomic E-state index is 6.47. The first kappa shape index (κ1) is 24.8. The molecule has 0 unspecified atom stereocenters. The van der Waals surface area contributed by atoms with Gasteiger partial charge in [0.15, 0.2) is 11.4 Å². The van der Waals surface area contributed by atoms with Crippen molar-refractivity contribution in [2.75, 3.05) is 0 Å². The van der Waals surface area contributed by atoms with Crippen molar-refractivity contribution in [2.45, 2.75) is 0 Å². The van der Waals surface area contributed by atoms with Crippen LogP contribution in [0.4, 0.5) is 0 Å². The summed E-state index contributed by atoms with van der Waals surface area (Å²) in [5.41, 5.74) is 7.96. The van der Waals surface area contributed by atoms with E-state index in [0.717, 1.165) is 65.9 Å². The number of rotatable bonds is 3. The number of furan rings is 1. The smallest absolute Gasteiger partial charge is 0.223 e. The molecule has 0 radical (unpaired) electrons. The zero-order chi connectivity index (χ0) is 29.2. The Morgan fingerprint density at radius 3 is 2.27 bits per heavy atom. The van der Waals surface area contributed by atoms with Crippen molar-refractivity contribution >= 4 is 66.2 Å². The average Bonchev–Trinajstić information content (AvgIpc) is 3.45. The lowest BCUT2D eigenvalue weighted by atomic mass is 9.98. The van der Waals surface area contributed by atoms with Crippen molar-refractivity contribution in [3.63, 3.8) is 0 Å². The molecule has 9 aromatic rings. The Kier molecular flexibility index (Phi) is 5.45. The number of fused-ring (bicyclic) bond motifs is 7. The first-order valence-electron chi connectivity index (χ1n) is 14.2. The van der Waals surface area contributed by atoms with Gasteiger partial charge >= 0.3 is 0 Å². The van der Waals surface area contributed by atoms with Crippen molar-refractivity contribution in [1.82, 2.24) is 24.9 Å². The summed E-state index contributed by atoms with van der Waals surface area (Å²) in [6.45, 7) is 0. The van der Waals surface area contributed by atoms with E-state index in [0.29, 0.717) is 22.6 Å². The molecule has 0 N–H and O–H groups in total. The van der Waals surface area contributed by atoms with Crippen LogP contribution in [0.15, 0.2) is 126 Å². The number of nitrogens with zero attached hydrogens (tertiary/aromatic N) is 5. The van der Waals surface area contributed by atoms with Crippen molar-refractivity contribution in [1.29, 1.82) is 0 Å². The van der Waals surface area contributed by atoms with Gasteiger partial charge in [-0.25, -0.2) is 19.9 Å². The maximum Gasteiger partial charge on any atom is 0.223 e. The zero-order valence-electron chi connectivity index (χ0n) is 23.1. The molecule has 0 aliphatic carbocycles. The number of pyridine rings is 1. The second kappa shape index (κ2) is 9.66. The van der Waals surface area contributed by atoms with Gasteiger partial charge in [0.05, 0.1) is 16.7 Å². The molecule has 206 valence electrons. The van der Waals surface area contributed by atoms with Gasteiger partial charge in [-0.1, -0.05) is 66.7 Å². The van der Waals surface area contributed by atoms with Crippen molar-refractivity contribution < 1.29 is 4.42 Å². The van der Waals surface area contributed by atoms with Gasteiger partial charge in [-0.3, -0.25) is 4.98 Å². The molecule has 0 spiro atoms.